The average Bonchev–Trinajstić information content (AvgIpc) is 3.20. The molecule has 2 fully saturated rings. The molecule has 1 aromatic carbocycles. The highest BCUT2D eigenvalue weighted by molar-refractivity contribution is 6.31. The fourth-order valence-corrected chi connectivity index (χ4v) is 2.86. The Bertz CT molecular complexity index is 499. The molecular weight excluding hydrogens is 260 g/mol. The van der Waals surface area contributed by atoms with Gasteiger partial charge in [-0.2, -0.15) is 0 Å². The number of nitrogens with zero attached hydrogens (tertiary/aromatic N) is 1. The molecule has 1 amide bonds. The zero-order valence-corrected chi connectivity index (χ0v) is 11.9. The minimum atomic E-state index is -0.0142. The number of carbonyl (C=O) groups excluding carboxylic acids is 1. The number of nitrogens with one attached hydrogen (secondary N) is 1. The van der Waals surface area contributed by atoms with Gasteiger partial charge in [-0.25, -0.2) is 0 Å². The summed E-state index contributed by atoms with van der Waals surface area (Å²) in [6, 6.07) is 6.32. The van der Waals surface area contributed by atoms with Crippen LogP contribution < -0.4 is 10.2 Å². The number of carbonyl (C=O) groups is 1. The molecule has 1 aliphatic carbocycles. The van der Waals surface area contributed by atoms with Crippen LogP contribution in [0.5, 0.6) is 0 Å². The molecule has 1 unspecified atom stereocenters. The standard InChI is InChI=1S/C15H19ClN2O/c1-10-12(16)4-2-6-14(10)18-9-3-5-13(15(18)19)17-11-7-8-11/h2,4,6,11,13,17H,3,5,7-9H2,1H3. The van der Waals surface area contributed by atoms with Crippen molar-refractivity contribution in [1.29, 1.82) is 0 Å². The topological polar surface area (TPSA) is 32.3 Å². The predicted molar refractivity (Wildman–Crippen MR) is 77.7 cm³/mol. The quantitative estimate of drug-likeness (QED) is 0.922. The van der Waals surface area contributed by atoms with Crippen LogP contribution in [0.25, 0.3) is 0 Å². The van der Waals surface area contributed by atoms with Crippen LogP contribution in [0.3, 0.4) is 0 Å². The highest BCUT2D eigenvalue weighted by Crippen LogP contribution is 2.30. The summed E-state index contributed by atoms with van der Waals surface area (Å²) in [6.45, 7) is 2.77. The first-order chi connectivity index (χ1) is 9.16. The largest absolute Gasteiger partial charge is 0.311 e. The van der Waals surface area contributed by atoms with E-state index in [1.54, 1.807) is 0 Å². The maximum absolute atomic E-state index is 12.6. The van der Waals surface area contributed by atoms with Gasteiger partial charge in [0.05, 0.1) is 6.04 Å². The highest BCUT2D eigenvalue weighted by Gasteiger charge is 2.34. The Morgan fingerprint density at radius 3 is 2.84 bits per heavy atom. The summed E-state index contributed by atoms with van der Waals surface area (Å²) in [5.74, 6) is 0.198. The van der Waals surface area contributed by atoms with E-state index in [1.807, 2.05) is 30.0 Å². The van der Waals surface area contributed by atoms with E-state index in [2.05, 4.69) is 5.32 Å². The maximum atomic E-state index is 12.6. The molecule has 1 heterocycles. The second kappa shape index (κ2) is 5.14. The van der Waals surface area contributed by atoms with Crippen LogP contribution in [0.1, 0.15) is 31.2 Å². The van der Waals surface area contributed by atoms with Gasteiger partial charge in [0, 0.05) is 23.3 Å². The summed E-state index contributed by atoms with van der Waals surface area (Å²) in [7, 11) is 0. The van der Waals surface area contributed by atoms with Crippen LogP contribution in [0.15, 0.2) is 18.2 Å². The summed E-state index contributed by atoms with van der Waals surface area (Å²) in [6.07, 6.45) is 4.41. The molecule has 1 aromatic rings. The summed E-state index contributed by atoms with van der Waals surface area (Å²) in [5.41, 5.74) is 1.95. The van der Waals surface area contributed by atoms with Crippen molar-refractivity contribution < 1.29 is 4.79 Å². The van der Waals surface area contributed by atoms with Crippen molar-refractivity contribution in [3.05, 3.63) is 28.8 Å². The predicted octanol–water partition coefficient (Wildman–Crippen LogP) is 2.90. The summed E-state index contributed by atoms with van der Waals surface area (Å²) in [4.78, 5) is 14.5. The van der Waals surface area contributed by atoms with E-state index >= 15 is 0 Å². The lowest BCUT2D eigenvalue weighted by Gasteiger charge is -2.34. The fraction of sp³-hybridized carbons (Fsp3) is 0.533. The molecule has 1 atom stereocenters. The molecule has 19 heavy (non-hydrogen) atoms. The number of anilines is 1. The molecule has 3 nitrogen and oxygen atoms in total. The van der Waals surface area contributed by atoms with Gasteiger partial charge in [0.25, 0.3) is 0 Å². The van der Waals surface area contributed by atoms with Gasteiger partial charge in [0.15, 0.2) is 0 Å². The van der Waals surface area contributed by atoms with Gasteiger partial charge in [-0.15, -0.1) is 0 Å². The Hall–Kier alpha value is -1.06. The number of hydrogen-bond acceptors (Lipinski definition) is 2. The third-order valence-corrected chi connectivity index (χ3v) is 4.39. The monoisotopic (exact) mass is 278 g/mol. The Labute approximate surface area is 118 Å². The van der Waals surface area contributed by atoms with Crippen molar-refractivity contribution in [1.82, 2.24) is 5.32 Å². The highest BCUT2D eigenvalue weighted by atomic mass is 35.5. The fourth-order valence-electron chi connectivity index (χ4n) is 2.69. The Balaban J connectivity index is 1.82. The van der Waals surface area contributed by atoms with Crippen molar-refractivity contribution in [2.24, 2.45) is 0 Å². The molecule has 1 aliphatic heterocycles. The number of benzene rings is 1. The van der Waals surface area contributed by atoms with Crippen molar-refractivity contribution in [2.75, 3.05) is 11.4 Å². The van der Waals surface area contributed by atoms with E-state index in [4.69, 9.17) is 11.6 Å². The van der Waals surface area contributed by atoms with E-state index in [-0.39, 0.29) is 11.9 Å². The molecule has 1 saturated heterocycles. The number of piperidine rings is 1. The molecule has 1 N–H and O–H groups in total. The van der Waals surface area contributed by atoms with Crippen LogP contribution in [0, 0.1) is 6.92 Å². The molecule has 3 rings (SSSR count). The van der Waals surface area contributed by atoms with Crippen LogP contribution in [0.2, 0.25) is 5.02 Å². The smallest absolute Gasteiger partial charge is 0.244 e. The third-order valence-electron chi connectivity index (χ3n) is 3.98. The van der Waals surface area contributed by atoms with Crippen molar-refractivity contribution in [2.45, 2.75) is 44.7 Å². The number of hydrogen-bond donors (Lipinski definition) is 1. The summed E-state index contributed by atoms with van der Waals surface area (Å²) >= 11 is 6.16. The van der Waals surface area contributed by atoms with Crippen LogP contribution in [-0.4, -0.2) is 24.5 Å². The van der Waals surface area contributed by atoms with Gasteiger partial charge < -0.3 is 10.2 Å². The molecule has 2 aliphatic rings. The third kappa shape index (κ3) is 2.63. The van der Waals surface area contributed by atoms with Gasteiger partial charge >= 0.3 is 0 Å². The Kier molecular flexibility index (Phi) is 3.50. The number of halogens is 1. The maximum Gasteiger partial charge on any atom is 0.244 e. The lowest BCUT2D eigenvalue weighted by atomic mass is 10.0. The molecule has 102 valence electrons. The van der Waals surface area contributed by atoms with E-state index < -0.39 is 0 Å². The van der Waals surface area contributed by atoms with E-state index in [0.717, 1.165) is 35.7 Å². The SMILES string of the molecule is Cc1c(Cl)cccc1N1CCCC(NC2CC2)C1=O. The normalized spacial score (nSPS) is 23.8. The van der Waals surface area contributed by atoms with Crippen LogP contribution >= 0.6 is 11.6 Å². The molecular formula is C15H19ClN2O. The summed E-state index contributed by atoms with van der Waals surface area (Å²) < 4.78 is 0. The van der Waals surface area contributed by atoms with Crippen LogP contribution in [0.4, 0.5) is 5.69 Å². The Morgan fingerprint density at radius 2 is 2.11 bits per heavy atom. The van der Waals surface area contributed by atoms with Crippen LogP contribution in [-0.2, 0) is 4.79 Å². The van der Waals surface area contributed by atoms with E-state index in [9.17, 15) is 4.79 Å². The lowest BCUT2D eigenvalue weighted by Crippen LogP contribution is -2.51. The molecule has 4 heteroatoms. The minimum absolute atomic E-state index is 0.0142. The van der Waals surface area contributed by atoms with E-state index in [0.29, 0.717) is 6.04 Å². The molecule has 1 saturated carbocycles. The average molecular weight is 279 g/mol. The Morgan fingerprint density at radius 1 is 1.32 bits per heavy atom. The van der Waals surface area contributed by atoms with Crippen molar-refractivity contribution in [3.63, 3.8) is 0 Å². The zero-order valence-electron chi connectivity index (χ0n) is 11.2. The first-order valence-electron chi connectivity index (χ1n) is 6.99. The second-order valence-electron chi connectivity index (χ2n) is 5.51. The lowest BCUT2D eigenvalue weighted by molar-refractivity contribution is -0.121. The molecule has 0 spiro atoms. The molecule has 0 bridgehead atoms. The van der Waals surface area contributed by atoms with E-state index in [1.165, 1.54) is 12.8 Å². The molecule has 0 radical (unpaired) electrons. The van der Waals surface area contributed by atoms with Gasteiger partial charge in [0.1, 0.15) is 0 Å². The van der Waals surface area contributed by atoms with Gasteiger partial charge in [-0.05, 0) is 50.3 Å². The van der Waals surface area contributed by atoms with Gasteiger partial charge in [-0.1, -0.05) is 17.7 Å². The second-order valence-corrected chi connectivity index (χ2v) is 5.92. The number of amides is 1. The first kappa shape index (κ1) is 12.9. The zero-order chi connectivity index (χ0) is 13.4. The van der Waals surface area contributed by atoms with Crippen molar-refractivity contribution >= 4 is 23.2 Å². The minimum Gasteiger partial charge on any atom is -0.311 e. The number of rotatable bonds is 3. The first-order valence-corrected chi connectivity index (χ1v) is 7.37. The summed E-state index contributed by atoms with van der Waals surface area (Å²) in [5, 5.41) is 4.18. The van der Waals surface area contributed by atoms with Gasteiger partial charge in [0.2, 0.25) is 5.91 Å². The van der Waals surface area contributed by atoms with Crippen molar-refractivity contribution in [3.8, 4) is 0 Å². The van der Waals surface area contributed by atoms with Gasteiger partial charge in [-0.3, -0.25) is 4.79 Å². The molecule has 0 aromatic heterocycles.